The smallest absolute Gasteiger partial charge is 0.217 e. The minimum atomic E-state index is -0.344. The van der Waals surface area contributed by atoms with E-state index in [1.165, 1.54) is 0 Å². The van der Waals surface area contributed by atoms with Gasteiger partial charge in [0.1, 0.15) is 5.82 Å². The number of hydrogen-bond donors (Lipinski definition) is 1. The number of rotatable bonds is 10. The number of methoxy groups -OCH3 is 2. The molecule has 2 N–H and O–H groups in total. The van der Waals surface area contributed by atoms with E-state index in [1.54, 1.807) is 18.9 Å². The van der Waals surface area contributed by atoms with Crippen LogP contribution in [0.5, 0.6) is 11.5 Å². The maximum absolute atomic E-state index is 11.1. The summed E-state index contributed by atoms with van der Waals surface area (Å²) in [5.41, 5.74) is 6.34. The second-order valence-electron chi connectivity index (χ2n) is 6.25. The van der Waals surface area contributed by atoms with E-state index in [4.69, 9.17) is 27.4 Å². The second-order valence-corrected chi connectivity index (χ2v) is 6.62. The average Bonchev–Trinajstić information content (AvgIpc) is 2.94. The van der Waals surface area contributed by atoms with E-state index >= 15 is 0 Å². The number of primary amides is 1. The van der Waals surface area contributed by atoms with Gasteiger partial charge in [-0.25, -0.2) is 4.68 Å². The highest BCUT2D eigenvalue weighted by Crippen LogP contribution is 2.27. The molecule has 148 valence electrons. The van der Waals surface area contributed by atoms with E-state index in [-0.39, 0.29) is 12.3 Å². The van der Waals surface area contributed by atoms with Gasteiger partial charge in [-0.15, -0.1) is 0 Å². The van der Waals surface area contributed by atoms with Crippen LogP contribution in [0.1, 0.15) is 24.7 Å². The number of aromatic nitrogens is 3. The zero-order valence-corrected chi connectivity index (χ0v) is 17.1. The number of nitrogens with two attached hydrogens (primary N) is 1. The highest BCUT2D eigenvalue weighted by Gasteiger charge is 2.13. The molecule has 8 nitrogen and oxygen atoms in total. The summed E-state index contributed by atoms with van der Waals surface area (Å²) in [4.78, 5) is 13.2. The second kappa shape index (κ2) is 9.52. The summed E-state index contributed by atoms with van der Waals surface area (Å²) in [5.74, 6) is 1.83. The molecule has 0 bridgehead atoms. The quantitative estimate of drug-likeness (QED) is 0.621. The van der Waals surface area contributed by atoms with Crippen molar-refractivity contribution in [1.82, 2.24) is 19.2 Å². The van der Waals surface area contributed by atoms with Crippen LogP contribution in [-0.4, -0.2) is 46.4 Å². The minimum Gasteiger partial charge on any atom is -0.493 e. The zero-order valence-electron chi connectivity index (χ0n) is 16.3. The molecule has 0 radical (unpaired) electrons. The molecule has 0 spiro atoms. The van der Waals surface area contributed by atoms with Crippen molar-refractivity contribution < 1.29 is 14.3 Å². The van der Waals surface area contributed by atoms with Crippen molar-refractivity contribution in [2.24, 2.45) is 5.73 Å². The third-order valence-electron chi connectivity index (χ3n) is 4.19. The lowest BCUT2D eigenvalue weighted by molar-refractivity contribution is -0.118. The number of aryl methyl sites for hydroxylation is 1. The number of hydrogen-bond acceptors (Lipinski definition) is 6. The summed E-state index contributed by atoms with van der Waals surface area (Å²) in [6, 6.07) is 5.85. The number of carbonyl (C=O) groups is 1. The Hall–Kier alpha value is -2.39. The van der Waals surface area contributed by atoms with Crippen LogP contribution >= 0.6 is 12.2 Å². The Bertz CT molecular complexity index is 846. The molecule has 1 amide bonds. The van der Waals surface area contributed by atoms with Gasteiger partial charge in [0.25, 0.3) is 0 Å². The molecule has 0 saturated heterocycles. The lowest BCUT2D eigenvalue weighted by atomic mass is 10.2. The summed E-state index contributed by atoms with van der Waals surface area (Å²) in [6.07, 6.45) is 0.743. The van der Waals surface area contributed by atoms with Gasteiger partial charge in [-0.1, -0.05) is 6.07 Å². The molecule has 2 rings (SSSR count). The van der Waals surface area contributed by atoms with Crippen molar-refractivity contribution in [1.29, 1.82) is 0 Å². The van der Waals surface area contributed by atoms with Crippen LogP contribution in [-0.2, 0) is 31.0 Å². The normalized spacial score (nSPS) is 11.0. The molecular formula is C18H27N5O3S. The van der Waals surface area contributed by atoms with Crippen LogP contribution < -0.4 is 15.2 Å². The third-order valence-corrected chi connectivity index (χ3v) is 4.62. The fourth-order valence-electron chi connectivity index (χ4n) is 2.89. The van der Waals surface area contributed by atoms with Crippen molar-refractivity contribution in [2.45, 2.75) is 39.5 Å². The first-order valence-corrected chi connectivity index (χ1v) is 9.14. The van der Waals surface area contributed by atoms with E-state index < -0.39 is 0 Å². The Morgan fingerprint density at radius 2 is 2.00 bits per heavy atom. The standard InChI is InChI=1S/C18H27N5O3S/c1-5-22-17(9-8-16(19)24)20-23(18(22)27)12-21(2)11-13-6-7-14(25-3)15(10-13)26-4/h6-7,10H,5,8-9,11-12H2,1-4H3,(H2,19,24). The molecule has 2 aromatic rings. The van der Waals surface area contributed by atoms with Crippen molar-refractivity contribution in [3.05, 3.63) is 34.4 Å². The van der Waals surface area contributed by atoms with Crippen LogP contribution in [0, 0.1) is 4.77 Å². The Balaban J connectivity index is 2.12. The molecule has 0 aliphatic heterocycles. The largest absolute Gasteiger partial charge is 0.493 e. The molecule has 0 atom stereocenters. The molecule has 0 fully saturated rings. The van der Waals surface area contributed by atoms with Crippen molar-refractivity contribution in [2.75, 3.05) is 21.3 Å². The number of nitrogens with zero attached hydrogens (tertiary/aromatic N) is 4. The minimum absolute atomic E-state index is 0.257. The summed E-state index contributed by atoms with van der Waals surface area (Å²) in [7, 11) is 5.23. The number of carbonyl (C=O) groups excluding carboxylic acids is 1. The molecule has 1 heterocycles. The van der Waals surface area contributed by atoms with E-state index in [2.05, 4.69) is 10.00 Å². The Labute approximate surface area is 164 Å². The molecule has 1 aromatic heterocycles. The first-order valence-electron chi connectivity index (χ1n) is 8.73. The highest BCUT2D eigenvalue weighted by atomic mass is 32.1. The summed E-state index contributed by atoms with van der Waals surface area (Å²) in [6.45, 7) is 3.93. The molecule has 27 heavy (non-hydrogen) atoms. The van der Waals surface area contributed by atoms with E-state index in [9.17, 15) is 4.79 Å². The van der Waals surface area contributed by atoms with Crippen LogP contribution in [0.4, 0.5) is 0 Å². The number of benzene rings is 1. The zero-order chi connectivity index (χ0) is 20.0. The first kappa shape index (κ1) is 20.9. The Kier molecular flexibility index (Phi) is 7.37. The maximum atomic E-state index is 11.1. The van der Waals surface area contributed by atoms with Gasteiger partial charge in [0, 0.05) is 25.9 Å². The van der Waals surface area contributed by atoms with Crippen LogP contribution in [0.25, 0.3) is 0 Å². The molecule has 9 heteroatoms. The Morgan fingerprint density at radius 3 is 2.59 bits per heavy atom. The maximum Gasteiger partial charge on any atom is 0.217 e. The predicted octanol–water partition coefficient (Wildman–Crippen LogP) is 1.96. The van der Waals surface area contributed by atoms with Gasteiger partial charge < -0.3 is 19.8 Å². The van der Waals surface area contributed by atoms with Gasteiger partial charge in [-0.05, 0) is 43.9 Å². The lowest BCUT2D eigenvalue weighted by Gasteiger charge is -2.17. The van der Waals surface area contributed by atoms with E-state index in [0.29, 0.717) is 42.4 Å². The van der Waals surface area contributed by atoms with Crippen LogP contribution in [0.3, 0.4) is 0 Å². The van der Waals surface area contributed by atoms with Gasteiger partial charge in [-0.3, -0.25) is 9.69 Å². The molecule has 0 aliphatic rings. The van der Waals surface area contributed by atoms with Gasteiger partial charge in [0.15, 0.2) is 16.3 Å². The number of ether oxygens (including phenoxy) is 2. The van der Waals surface area contributed by atoms with Crippen molar-refractivity contribution >= 4 is 18.1 Å². The van der Waals surface area contributed by atoms with Gasteiger partial charge in [0.05, 0.1) is 20.9 Å². The molecule has 1 aromatic carbocycles. The van der Waals surface area contributed by atoms with Gasteiger partial charge in [-0.2, -0.15) is 5.10 Å². The fourth-order valence-corrected chi connectivity index (χ4v) is 3.22. The van der Waals surface area contributed by atoms with Gasteiger partial charge >= 0.3 is 0 Å². The average molecular weight is 394 g/mol. The summed E-state index contributed by atoms with van der Waals surface area (Å²) < 4.78 is 15.0. The fraction of sp³-hybridized carbons (Fsp3) is 0.500. The lowest BCUT2D eigenvalue weighted by Crippen LogP contribution is -2.22. The van der Waals surface area contributed by atoms with E-state index in [1.807, 2.05) is 36.7 Å². The van der Waals surface area contributed by atoms with Gasteiger partial charge in [0.2, 0.25) is 5.91 Å². The molecule has 0 aliphatic carbocycles. The van der Waals surface area contributed by atoms with Crippen molar-refractivity contribution in [3.63, 3.8) is 0 Å². The molecule has 0 saturated carbocycles. The van der Waals surface area contributed by atoms with Crippen LogP contribution in [0.15, 0.2) is 18.2 Å². The number of amides is 1. The molecule has 0 unspecified atom stereocenters. The SMILES string of the molecule is CCn1c(CCC(N)=O)nn(CN(C)Cc2ccc(OC)c(OC)c2)c1=S. The monoisotopic (exact) mass is 393 g/mol. The topological polar surface area (TPSA) is 87.5 Å². The third kappa shape index (κ3) is 5.30. The predicted molar refractivity (Wildman–Crippen MR) is 105 cm³/mol. The van der Waals surface area contributed by atoms with Crippen molar-refractivity contribution in [3.8, 4) is 11.5 Å². The Morgan fingerprint density at radius 1 is 1.30 bits per heavy atom. The van der Waals surface area contributed by atoms with Crippen LogP contribution in [0.2, 0.25) is 0 Å². The molecular weight excluding hydrogens is 366 g/mol. The first-order chi connectivity index (χ1) is 12.9. The highest BCUT2D eigenvalue weighted by molar-refractivity contribution is 7.71. The summed E-state index contributed by atoms with van der Waals surface area (Å²) in [5, 5.41) is 4.58. The van der Waals surface area contributed by atoms with E-state index in [0.717, 1.165) is 11.4 Å². The summed E-state index contributed by atoms with van der Waals surface area (Å²) >= 11 is 5.53.